The molecule has 0 aliphatic carbocycles. The van der Waals surface area contributed by atoms with Crippen LogP contribution in [0.2, 0.25) is 0 Å². The molecule has 1 atom stereocenters. The lowest BCUT2D eigenvalue weighted by molar-refractivity contribution is -0.114. The van der Waals surface area contributed by atoms with Crippen molar-refractivity contribution in [1.82, 2.24) is 4.90 Å². The third kappa shape index (κ3) is 4.59. The predicted molar refractivity (Wildman–Crippen MR) is 118 cm³/mol. The van der Waals surface area contributed by atoms with E-state index < -0.39 is 39.4 Å². The fourth-order valence-corrected chi connectivity index (χ4v) is 4.57. The van der Waals surface area contributed by atoms with Gasteiger partial charge in [0.15, 0.2) is 11.5 Å². The van der Waals surface area contributed by atoms with E-state index in [0.29, 0.717) is 23.7 Å². The zero-order valence-electron chi connectivity index (χ0n) is 18.2. The molecule has 1 aliphatic rings. The number of carbonyl (C=O) groups excluding carboxylic acids is 3. The van der Waals surface area contributed by atoms with Gasteiger partial charge >= 0.3 is 0 Å². The lowest BCUT2D eigenvalue weighted by Gasteiger charge is -2.26. The average molecular weight is 461 g/mol. The summed E-state index contributed by atoms with van der Waals surface area (Å²) in [7, 11) is -2.16. The Bertz CT molecular complexity index is 1190. The number of ether oxygens (including phenoxy) is 2. The number of amides is 3. The molecule has 3 amide bonds. The maximum atomic E-state index is 13.3. The third-order valence-corrected chi connectivity index (χ3v) is 5.82. The fourth-order valence-electron chi connectivity index (χ4n) is 3.65. The molecular weight excluding hydrogens is 436 g/mol. The molecule has 0 radical (unpaired) electrons. The molecule has 9 nitrogen and oxygen atoms in total. The molecule has 170 valence electrons. The van der Waals surface area contributed by atoms with E-state index in [2.05, 4.69) is 5.32 Å². The normalized spacial score (nSPS) is 14.2. The van der Waals surface area contributed by atoms with Crippen molar-refractivity contribution in [2.24, 2.45) is 0 Å². The highest BCUT2D eigenvalue weighted by atomic mass is 32.2. The summed E-state index contributed by atoms with van der Waals surface area (Å²) in [5.41, 5.74) is 0.714. The summed E-state index contributed by atoms with van der Waals surface area (Å²) in [6.07, 6.45) is 1.03. The summed E-state index contributed by atoms with van der Waals surface area (Å²) < 4.78 is 35.3. The Labute approximate surface area is 186 Å². The van der Waals surface area contributed by atoms with Gasteiger partial charge < -0.3 is 14.8 Å². The van der Waals surface area contributed by atoms with Gasteiger partial charge in [0, 0.05) is 13.2 Å². The van der Waals surface area contributed by atoms with Crippen molar-refractivity contribution in [1.29, 1.82) is 0 Å². The molecule has 1 aliphatic heterocycles. The van der Waals surface area contributed by atoms with Gasteiger partial charge in [-0.15, -0.1) is 0 Å². The molecule has 0 bridgehead atoms. The number of methoxy groups -OCH3 is 1. The lowest BCUT2D eigenvalue weighted by Crippen LogP contribution is -2.37. The number of nitrogens with one attached hydrogen (secondary N) is 1. The van der Waals surface area contributed by atoms with Crippen LogP contribution in [0.3, 0.4) is 0 Å². The molecule has 3 rings (SSSR count). The van der Waals surface area contributed by atoms with Crippen LogP contribution < -0.4 is 14.8 Å². The van der Waals surface area contributed by atoms with Gasteiger partial charge in [-0.05, 0) is 36.8 Å². The first-order valence-electron chi connectivity index (χ1n) is 9.84. The van der Waals surface area contributed by atoms with Crippen molar-refractivity contribution in [3.05, 3.63) is 53.1 Å². The second kappa shape index (κ2) is 8.99. The van der Waals surface area contributed by atoms with E-state index in [0.717, 1.165) is 11.2 Å². The summed E-state index contributed by atoms with van der Waals surface area (Å²) in [4.78, 5) is 39.0. The first-order chi connectivity index (χ1) is 15.1. The number of rotatable bonds is 8. The Balaban J connectivity index is 2.12. The van der Waals surface area contributed by atoms with E-state index in [9.17, 15) is 22.8 Å². The van der Waals surface area contributed by atoms with Crippen LogP contribution in [0.15, 0.2) is 36.4 Å². The first kappa shape index (κ1) is 23.3. The zero-order chi connectivity index (χ0) is 23.6. The maximum absolute atomic E-state index is 13.3. The number of carbonyl (C=O) groups is 3. The molecule has 0 aromatic heterocycles. The SMILES string of the molecule is CCOc1ccc([C@@H](CS(C)(=O)=O)N2C(=O)c3cccc(NC(C)=O)c3C2=O)cc1OC. The second-order valence-corrected chi connectivity index (χ2v) is 9.53. The minimum absolute atomic E-state index is 0.0316. The lowest BCUT2D eigenvalue weighted by atomic mass is 10.1. The maximum Gasteiger partial charge on any atom is 0.264 e. The highest BCUT2D eigenvalue weighted by Crippen LogP contribution is 2.38. The molecule has 1 heterocycles. The van der Waals surface area contributed by atoms with Gasteiger partial charge in [-0.1, -0.05) is 12.1 Å². The summed E-state index contributed by atoms with van der Waals surface area (Å²) >= 11 is 0. The van der Waals surface area contributed by atoms with Crippen molar-refractivity contribution in [2.75, 3.05) is 31.0 Å². The van der Waals surface area contributed by atoms with Crippen LogP contribution in [0.1, 0.15) is 46.2 Å². The number of hydrogen-bond donors (Lipinski definition) is 1. The highest BCUT2D eigenvalue weighted by molar-refractivity contribution is 7.90. The number of nitrogens with zero attached hydrogens (tertiary/aromatic N) is 1. The van der Waals surface area contributed by atoms with Gasteiger partial charge in [-0.2, -0.15) is 0 Å². The number of benzene rings is 2. The molecule has 0 saturated carbocycles. The third-order valence-electron chi connectivity index (χ3n) is 4.90. The average Bonchev–Trinajstić information content (AvgIpc) is 2.97. The number of fused-ring (bicyclic) bond motifs is 1. The smallest absolute Gasteiger partial charge is 0.264 e. The molecule has 10 heteroatoms. The Kier molecular flexibility index (Phi) is 6.54. The van der Waals surface area contributed by atoms with E-state index in [1.807, 2.05) is 6.92 Å². The second-order valence-electron chi connectivity index (χ2n) is 7.34. The van der Waals surface area contributed by atoms with Crippen LogP contribution in [0.25, 0.3) is 0 Å². The van der Waals surface area contributed by atoms with Crippen molar-refractivity contribution >= 4 is 33.2 Å². The van der Waals surface area contributed by atoms with Crippen molar-refractivity contribution in [3.63, 3.8) is 0 Å². The Morgan fingerprint density at radius 2 is 1.84 bits per heavy atom. The van der Waals surface area contributed by atoms with Gasteiger partial charge in [0.1, 0.15) is 9.84 Å². The van der Waals surface area contributed by atoms with E-state index in [-0.39, 0.29) is 16.8 Å². The molecule has 0 spiro atoms. The highest BCUT2D eigenvalue weighted by Gasteiger charge is 2.43. The predicted octanol–water partition coefficient (Wildman–Crippen LogP) is 2.43. The molecule has 32 heavy (non-hydrogen) atoms. The van der Waals surface area contributed by atoms with Crippen LogP contribution in [0, 0.1) is 0 Å². The van der Waals surface area contributed by atoms with Gasteiger partial charge in [0.05, 0.1) is 42.3 Å². The van der Waals surface area contributed by atoms with Crippen molar-refractivity contribution in [3.8, 4) is 11.5 Å². The minimum atomic E-state index is -3.60. The van der Waals surface area contributed by atoms with E-state index in [1.54, 1.807) is 24.3 Å². The molecule has 1 N–H and O–H groups in total. The van der Waals surface area contributed by atoms with E-state index in [1.165, 1.54) is 26.2 Å². The summed E-state index contributed by atoms with van der Waals surface area (Å²) in [5, 5.41) is 2.55. The molecule has 0 fully saturated rings. The standard InChI is InChI=1S/C22H24N2O7S/c1-5-31-18-10-9-14(11-19(18)30-3)17(12-32(4,28)29)24-21(26)15-7-6-8-16(23-13(2)25)20(15)22(24)27/h6-11,17H,5,12H2,1-4H3,(H,23,25)/t17-/m1/s1. The molecule has 2 aromatic rings. The Hall–Kier alpha value is -3.40. The van der Waals surface area contributed by atoms with E-state index >= 15 is 0 Å². The van der Waals surface area contributed by atoms with Gasteiger partial charge in [0.2, 0.25) is 5.91 Å². The topological polar surface area (TPSA) is 119 Å². The number of imide groups is 1. The van der Waals surface area contributed by atoms with Gasteiger partial charge in [-0.3, -0.25) is 19.3 Å². The first-order valence-corrected chi connectivity index (χ1v) is 11.9. The molecule has 0 unspecified atom stereocenters. The summed E-state index contributed by atoms with van der Waals surface area (Å²) in [6, 6.07) is 8.18. The largest absolute Gasteiger partial charge is 0.493 e. The Morgan fingerprint density at radius 1 is 1.12 bits per heavy atom. The van der Waals surface area contributed by atoms with Crippen molar-refractivity contribution in [2.45, 2.75) is 19.9 Å². The zero-order valence-corrected chi connectivity index (χ0v) is 19.0. The Morgan fingerprint density at radius 3 is 2.44 bits per heavy atom. The molecular formula is C22H24N2O7S. The van der Waals surface area contributed by atoms with Crippen LogP contribution in [0.4, 0.5) is 5.69 Å². The van der Waals surface area contributed by atoms with Gasteiger partial charge in [0.25, 0.3) is 11.8 Å². The van der Waals surface area contributed by atoms with Gasteiger partial charge in [-0.25, -0.2) is 8.42 Å². The number of sulfone groups is 1. The van der Waals surface area contributed by atoms with Crippen LogP contribution in [-0.2, 0) is 14.6 Å². The number of anilines is 1. The van der Waals surface area contributed by atoms with Crippen LogP contribution in [0.5, 0.6) is 11.5 Å². The number of hydrogen-bond acceptors (Lipinski definition) is 7. The fraction of sp³-hybridized carbons (Fsp3) is 0.318. The van der Waals surface area contributed by atoms with Crippen molar-refractivity contribution < 1.29 is 32.3 Å². The van der Waals surface area contributed by atoms with E-state index in [4.69, 9.17) is 9.47 Å². The molecule has 2 aromatic carbocycles. The van der Waals surface area contributed by atoms with Crippen LogP contribution >= 0.6 is 0 Å². The van der Waals surface area contributed by atoms with Crippen LogP contribution in [-0.4, -0.2) is 56.8 Å². The summed E-state index contributed by atoms with van der Waals surface area (Å²) in [5.74, 6) is -1.41. The minimum Gasteiger partial charge on any atom is -0.493 e. The monoisotopic (exact) mass is 460 g/mol. The quantitative estimate of drug-likeness (QED) is 0.601. The molecule has 0 saturated heterocycles. The summed E-state index contributed by atoms with van der Waals surface area (Å²) in [6.45, 7) is 3.50.